The SMILES string of the molecule is CCC(Nc1ccc([N+](=O)[O-])c(Nc2ccc(SC)cc2)n1)n1ccnc1. The number of nitrogens with zero attached hydrogens (tertiary/aromatic N) is 4. The van der Waals surface area contributed by atoms with Crippen LogP contribution in [0, 0.1) is 10.1 Å². The first-order valence-corrected chi connectivity index (χ1v) is 9.63. The summed E-state index contributed by atoms with van der Waals surface area (Å²) >= 11 is 1.63. The third-order valence-corrected chi connectivity index (χ3v) is 4.75. The number of anilines is 3. The summed E-state index contributed by atoms with van der Waals surface area (Å²) in [5, 5.41) is 17.7. The largest absolute Gasteiger partial charge is 0.350 e. The first kappa shape index (κ1) is 18.7. The molecule has 3 aromatic rings. The van der Waals surface area contributed by atoms with E-state index in [1.165, 1.54) is 6.07 Å². The van der Waals surface area contributed by atoms with E-state index >= 15 is 0 Å². The van der Waals surface area contributed by atoms with Crippen LogP contribution in [-0.2, 0) is 0 Å². The summed E-state index contributed by atoms with van der Waals surface area (Å²) < 4.78 is 1.93. The van der Waals surface area contributed by atoms with Crippen molar-refractivity contribution in [3.05, 3.63) is 65.2 Å². The van der Waals surface area contributed by atoms with Gasteiger partial charge in [0.1, 0.15) is 12.0 Å². The van der Waals surface area contributed by atoms with Gasteiger partial charge in [-0.2, -0.15) is 0 Å². The van der Waals surface area contributed by atoms with Crippen LogP contribution in [-0.4, -0.2) is 25.7 Å². The van der Waals surface area contributed by atoms with Crippen molar-refractivity contribution in [1.29, 1.82) is 0 Å². The molecule has 0 radical (unpaired) electrons. The topological polar surface area (TPSA) is 97.9 Å². The number of nitrogens with one attached hydrogen (secondary N) is 2. The van der Waals surface area contributed by atoms with E-state index in [0.29, 0.717) is 5.82 Å². The van der Waals surface area contributed by atoms with Gasteiger partial charge in [-0.1, -0.05) is 6.92 Å². The van der Waals surface area contributed by atoms with Crippen LogP contribution >= 0.6 is 11.8 Å². The van der Waals surface area contributed by atoms with Gasteiger partial charge in [-0.25, -0.2) is 9.97 Å². The molecule has 0 amide bonds. The zero-order valence-electron chi connectivity index (χ0n) is 15.0. The highest BCUT2D eigenvalue weighted by Crippen LogP contribution is 2.29. The average Bonchev–Trinajstić information content (AvgIpc) is 3.21. The van der Waals surface area contributed by atoms with Crippen LogP contribution in [0.4, 0.5) is 23.0 Å². The number of imidazole rings is 1. The van der Waals surface area contributed by atoms with Gasteiger partial charge in [-0.05, 0) is 43.0 Å². The van der Waals surface area contributed by atoms with Crippen molar-refractivity contribution in [2.45, 2.75) is 24.4 Å². The molecule has 2 aromatic heterocycles. The maximum absolute atomic E-state index is 11.4. The monoisotopic (exact) mass is 384 g/mol. The molecule has 0 spiro atoms. The minimum absolute atomic E-state index is 0.0461. The quantitative estimate of drug-likeness (QED) is 0.331. The van der Waals surface area contributed by atoms with E-state index in [4.69, 9.17) is 0 Å². The molecule has 8 nitrogen and oxygen atoms in total. The maximum Gasteiger partial charge on any atom is 0.311 e. The summed E-state index contributed by atoms with van der Waals surface area (Å²) in [6, 6.07) is 10.7. The smallest absolute Gasteiger partial charge is 0.311 e. The third kappa shape index (κ3) is 4.56. The Hall–Kier alpha value is -3.07. The zero-order valence-corrected chi connectivity index (χ0v) is 15.8. The number of hydrogen-bond donors (Lipinski definition) is 2. The highest BCUT2D eigenvalue weighted by Gasteiger charge is 2.18. The molecule has 0 saturated carbocycles. The van der Waals surface area contributed by atoms with Gasteiger partial charge in [0.15, 0.2) is 0 Å². The molecule has 0 saturated heterocycles. The Morgan fingerprint density at radius 3 is 2.63 bits per heavy atom. The molecule has 27 heavy (non-hydrogen) atoms. The Bertz CT molecular complexity index is 899. The number of rotatable bonds is 8. The molecule has 1 atom stereocenters. The van der Waals surface area contributed by atoms with Crippen LogP contribution < -0.4 is 10.6 Å². The molecule has 9 heteroatoms. The number of hydrogen-bond acceptors (Lipinski definition) is 7. The van der Waals surface area contributed by atoms with E-state index in [0.717, 1.165) is 17.0 Å². The number of nitro groups is 1. The van der Waals surface area contributed by atoms with Crippen molar-refractivity contribution >= 4 is 34.8 Å². The Morgan fingerprint density at radius 1 is 1.26 bits per heavy atom. The fraction of sp³-hybridized carbons (Fsp3) is 0.222. The number of aromatic nitrogens is 3. The molecule has 0 aliphatic rings. The first-order valence-electron chi connectivity index (χ1n) is 8.41. The highest BCUT2D eigenvalue weighted by molar-refractivity contribution is 7.98. The Labute approximate surface area is 161 Å². The van der Waals surface area contributed by atoms with Crippen LogP contribution in [0.3, 0.4) is 0 Å². The second kappa shape index (κ2) is 8.54. The fourth-order valence-corrected chi connectivity index (χ4v) is 3.00. The van der Waals surface area contributed by atoms with Gasteiger partial charge in [0, 0.05) is 29.0 Å². The van der Waals surface area contributed by atoms with Crippen LogP contribution in [0.15, 0.2) is 60.0 Å². The first-order chi connectivity index (χ1) is 13.1. The zero-order chi connectivity index (χ0) is 19.2. The summed E-state index contributed by atoms with van der Waals surface area (Å²) in [4.78, 5) is 20.5. The van der Waals surface area contributed by atoms with Gasteiger partial charge < -0.3 is 15.2 Å². The van der Waals surface area contributed by atoms with E-state index in [9.17, 15) is 10.1 Å². The summed E-state index contributed by atoms with van der Waals surface area (Å²) in [6.45, 7) is 2.04. The Morgan fingerprint density at radius 2 is 2.04 bits per heavy atom. The van der Waals surface area contributed by atoms with Gasteiger partial charge in [0.05, 0.1) is 11.3 Å². The molecule has 2 heterocycles. The molecule has 0 fully saturated rings. The molecule has 0 aliphatic heterocycles. The lowest BCUT2D eigenvalue weighted by atomic mass is 10.3. The highest BCUT2D eigenvalue weighted by atomic mass is 32.2. The molecular weight excluding hydrogens is 364 g/mol. The van der Waals surface area contributed by atoms with E-state index in [-0.39, 0.29) is 17.7 Å². The molecular formula is C18H20N6O2S. The summed E-state index contributed by atoms with van der Waals surface area (Å²) in [6.07, 6.45) is 8.04. The van der Waals surface area contributed by atoms with Gasteiger partial charge in [0.2, 0.25) is 5.82 Å². The van der Waals surface area contributed by atoms with Gasteiger partial charge in [-0.15, -0.1) is 11.8 Å². The van der Waals surface area contributed by atoms with Crippen LogP contribution in [0.5, 0.6) is 0 Å². The molecule has 0 bridgehead atoms. The normalized spacial score (nSPS) is 11.8. The Balaban J connectivity index is 1.86. The number of pyridine rings is 1. The number of benzene rings is 1. The molecule has 3 rings (SSSR count). The fourth-order valence-electron chi connectivity index (χ4n) is 2.59. The van der Waals surface area contributed by atoms with Crippen molar-refractivity contribution in [3.8, 4) is 0 Å². The van der Waals surface area contributed by atoms with E-state index in [1.54, 1.807) is 30.4 Å². The summed E-state index contributed by atoms with van der Waals surface area (Å²) in [7, 11) is 0. The predicted octanol–water partition coefficient (Wildman–Crippen LogP) is 4.67. The summed E-state index contributed by atoms with van der Waals surface area (Å²) in [5.74, 6) is 0.742. The van der Waals surface area contributed by atoms with Crippen molar-refractivity contribution < 1.29 is 4.92 Å². The van der Waals surface area contributed by atoms with Crippen molar-refractivity contribution in [3.63, 3.8) is 0 Å². The van der Waals surface area contributed by atoms with Crippen molar-refractivity contribution in [2.75, 3.05) is 16.9 Å². The Kier molecular flexibility index (Phi) is 5.92. The van der Waals surface area contributed by atoms with Crippen molar-refractivity contribution in [1.82, 2.24) is 14.5 Å². The lowest BCUT2D eigenvalue weighted by Gasteiger charge is -2.19. The van der Waals surface area contributed by atoms with E-state index < -0.39 is 4.92 Å². The van der Waals surface area contributed by atoms with Crippen LogP contribution in [0.2, 0.25) is 0 Å². The van der Waals surface area contributed by atoms with Gasteiger partial charge in [0.25, 0.3) is 0 Å². The molecule has 140 valence electrons. The third-order valence-electron chi connectivity index (χ3n) is 4.01. The van der Waals surface area contributed by atoms with Gasteiger partial charge >= 0.3 is 5.69 Å². The molecule has 2 N–H and O–H groups in total. The number of thioether (sulfide) groups is 1. The second-order valence-electron chi connectivity index (χ2n) is 5.75. The van der Waals surface area contributed by atoms with E-state index in [1.807, 2.05) is 48.2 Å². The average molecular weight is 384 g/mol. The van der Waals surface area contributed by atoms with Gasteiger partial charge in [-0.3, -0.25) is 10.1 Å². The lowest BCUT2D eigenvalue weighted by molar-refractivity contribution is -0.384. The summed E-state index contributed by atoms with van der Waals surface area (Å²) in [5.41, 5.74) is 0.660. The predicted molar refractivity (Wildman–Crippen MR) is 108 cm³/mol. The molecule has 0 aliphatic carbocycles. The van der Waals surface area contributed by atoms with E-state index in [2.05, 4.69) is 20.6 Å². The minimum atomic E-state index is -0.442. The van der Waals surface area contributed by atoms with Crippen molar-refractivity contribution in [2.24, 2.45) is 0 Å². The lowest BCUT2D eigenvalue weighted by Crippen LogP contribution is -2.17. The van der Waals surface area contributed by atoms with Crippen LogP contribution in [0.25, 0.3) is 0 Å². The van der Waals surface area contributed by atoms with Crippen LogP contribution in [0.1, 0.15) is 19.5 Å². The standard InChI is InChI=1S/C18H20N6O2S/c1-3-17(23-11-10-19-12-23)21-16-9-8-15(24(25)26)18(22-16)20-13-4-6-14(27-2)7-5-13/h4-12,17H,3H2,1-2H3,(H2,20,21,22). The molecule has 1 aromatic carbocycles. The molecule has 1 unspecified atom stereocenters. The maximum atomic E-state index is 11.4. The second-order valence-corrected chi connectivity index (χ2v) is 6.63. The minimum Gasteiger partial charge on any atom is -0.350 e.